The smallest absolute Gasteiger partial charge is 0.0989 e. The van der Waals surface area contributed by atoms with Gasteiger partial charge in [0.05, 0.1) is 19.3 Å². The van der Waals surface area contributed by atoms with Gasteiger partial charge in [0, 0.05) is 12.1 Å². The Labute approximate surface area is 84.6 Å². The first-order valence-corrected chi connectivity index (χ1v) is 5.03. The quantitative estimate of drug-likeness (QED) is 0.698. The summed E-state index contributed by atoms with van der Waals surface area (Å²) in [6.45, 7) is 3.62. The molecule has 2 rings (SSSR count). The predicted molar refractivity (Wildman–Crippen MR) is 57.9 cm³/mol. The third-order valence-electron chi connectivity index (χ3n) is 2.50. The fourth-order valence-corrected chi connectivity index (χ4v) is 1.67. The fraction of sp³-hybridized carbons (Fsp3) is 0.417. The van der Waals surface area contributed by atoms with Crippen LogP contribution in [0, 0.1) is 0 Å². The van der Waals surface area contributed by atoms with Crippen molar-refractivity contribution in [2.45, 2.75) is 19.4 Å². The Hall–Kier alpha value is -1.15. The third-order valence-corrected chi connectivity index (χ3v) is 2.50. The molecule has 0 fully saturated rings. The average molecular weight is 189 g/mol. The van der Waals surface area contributed by atoms with E-state index in [-0.39, 0.29) is 6.10 Å². The van der Waals surface area contributed by atoms with Crippen molar-refractivity contribution in [3.05, 3.63) is 35.9 Å². The number of benzene rings is 1. The molecule has 1 atom stereocenters. The van der Waals surface area contributed by atoms with Gasteiger partial charge in [-0.2, -0.15) is 0 Å². The predicted octanol–water partition coefficient (Wildman–Crippen LogP) is 2.09. The monoisotopic (exact) mass is 189 g/mol. The molecule has 0 bridgehead atoms. The Morgan fingerprint density at radius 3 is 2.86 bits per heavy atom. The molecule has 74 valence electrons. The maximum Gasteiger partial charge on any atom is 0.0989 e. The van der Waals surface area contributed by atoms with Crippen molar-refractivity contribution >= 4 is 5.71 Å². The summed E-state index contributed by atoms with van der Waals surface area (Å²) in [6.07, 6.45) is 1.13. The van der Waals surface area contributed by atoms with Crippen molar-refractivity contribution in [2.24, 2.45) is 4.99 Å². The van der Waals surface area contributed by atoms with Crippen LogP contribution in [-0.2, 0) is 11.2 Å². The Morgan fingerprint density at radius 1 is 1.36 bits per heavy atom. The number of hydrogen-bond donors (Lipinski definition) is 0. The van der Waals surface area contributed by atoms with Crippen molar-refractivity contribution in [1.82, 2.24) is 0 Å². The Kier molecular flexibility index (Phi) is 2.94. The molecule has 0 radical (unpaired) electrons. The molecule has 0 aliphatic carbocycles. The van der Waals surface area contributed by atoms with Crippen LogP contribution in [0.25, 0.3) is 0 Å². The molecule has 1 heterocycles. The molecule has 0 amide bonds. The van der Waals surface area contributed by atoms with Crippen LogP contribution in [0.1, 0.15) is 12.5 Å². The lowest BCUT2D eigenvalue weighted by atomic mass is 10.0. The minimum absolute atomic E-state index is 0.186. The molecular weight excluding hydrogens is 174 g/mol. The number of nitrogens with zero attached hydrogens (tertiary/aromatic N) is 1. The van der Waals surface area contributed by atoms with Gasteiger partial charge >= 0.3 is 0 Å². The van der Waals surface area contributed by atoms with Crippen molar-refractivity contribution in [3.63, 3.8) is 0 Å². The van der Waals surface area contributed by atoms with Crippen LogP contribution >= 0.6 is 0 Å². The maximum atomic E-state index is 5.66. The minimum atomic E-state index is 0.186. The van der Waals surface area contributed by atoms with Crippen LogP contribution in [0.4, 0.5) is 0 Å². The second-order valence-corrected chi connectivity index (χ2v) is 3.57. The highest BCUT2D eigenvalue weighted by molar-refractivity contribution is 5.87. The average Bonchev–Trinajstić information content (AvgIpc) is 2.23. The molecule has 2 heteroatoms. The molecule has 0 unspecified atom stereocenters. The lowest BCUT2D eigenvalue weighted by Crippen LogP contribution is -2.30. The van der Waals surface area contributed by atoms with Crippen molar-refractivity contribution in [2.75, 3.05) is 13.2 Å². The van der Waals surface area contributed by atoms with Gasteiger partial charge in [0.15, 0.2) is 0 Å². The SMILES string of the molecule is CC1=NCCO[C@H]1Cc1ccccc1. The fourth-order valence-electron chi connectivity index (χ4n) is 1.67. The Morgan fingerprint density at radius 2 is 2.14 bits per heavy atom. The molecule has 0 aromatic heterocycles. The summed E-state index contributed by atoms with van der Waals surface area (Å²) in [4.78, 5) is 4.40. The molecule has 0 saturated carbocycles. The van der Waals surface area contributed by atoms with E-state index < -0.39 is 0 Å². The Bertz CT molecular complexity index is 318. The van der Waals surface area contributed by atoms with Crippen LogP contribution in [0.2, 0.25) is 0 Å². The number of ether oxygens (including phenoxy) is 1. The second-order valence-electron chi connectivity index (χ2n) is 3.57. The first kappa shape index (κ1) is 9.41. The van der Waals surface area contributed by atoms with Crippen LogP contribution < -0.4 is 0 Å². The van der Waals surface area contributed by atoms with Crippen LogP contribution in [0.5, 0.6) is 0 Å². The number of rotatable bonds is 2. The molecule has 0 spiro atoms. The van der Waals surface area contributed by atoms with Crippen molar-refractivity contribution < 1.29 is 4.74 Å². The summed E-state index contributed by atoms with van der Waals surface area (Å²) in [7, 11) is 0. The summed E-state index contributed by atoms with van der Waals surface area (Å²) in [5.74, 6) is 0. The van der Waals surface area contributed by atoms with E-state index in [2.05, 4.69) is 29.3 Å². The lowest BCUT2D eigenvalue weighted by molar-refractivity contribution is 0.0949. The topological polar surface area (TPSA) is 21.6 Å². The van der Waals surface area contributed by atoms with Gasteiger partial charge in [-0.05, 0) is 12.5 Å². The first-order chi connectivity index (χ1) is 6.86. The van der Waals surface area contributed by atoms with E-state index in [1.54, 1.807) is 0 Å². The third kappa shape index (κ3) is 2.20. The van der Waals surface area contributed by atoms with Gasteiger partial charge in [0.25, 0.3) is 0 Å². The summed E-state index contributed by atoms with van der Waals surface area (Å²) in [5.41, 5.74) is 2.44. The zero-order valence-corrected chi connectivity index (χ0v) is 8.44. The van der Waals surface area contributed by atoms with Gasteiger partial charge in [-0.3, -0.25) is 4.99 Å². The number of hydrogen-bond acceptors (Lipinski definition) is 2. The van der Waals surface area contributed by atoms with Gasteiger partial charge in [0.1, 0.15) is 0 Å². The van der Waals surface area contributed by atoms with E-state index in [1.807, 2.05) is 13.0 Å². The maximum absolute atomic E-state index is 5.66. The molecule has 1 aliphatic rings. The molecule has 1 aromatic carbocycles. The van der Waals surface area contributed by atoms with E-state index in [4.69, 9.17) is 4.74 Å². The van der Waals surface area contributed by atoms with Crippen LogP contribution in [0.3, 0.4) is 0 Å². The summed E-state index contributed by atoms with van der Waals surface area (Å²) < 4.78 is 5.66. The van der Waals surface area contributed by atoms with E-state index in [1.165, 1.54) is 5.56 Å². The standard InChI is InChI=1S/C12H15NO/c1-10-12(14-8-7-13-10)9-11-5-3-2-4-6-11/h2-6,12H,7-9H2,1H3/t12-/m0/s1. The van der Waals surface area contributed by atoms with E-state index in [0.29, 0.717) is 0 Å². The van der Waals surface area contributed by atoms with Crippen molar-refractivity contribution in [3.8, 4) is 0 Å². The molecule has 1 aliphatic heterocycles. The molecule has 0 N–H and O–H groups in total. The summed E-state index contributed by atoms with van der Waals surface area (Å²) in [6, 6.07) is 10.4. The first-order valence-electron chi connectivity index (χ1n) is 5.03. The largest absolute Gasteiger partial charge is 0.370 e. The van der Waals surface area contributed by atoms with Crippen molar-refractivity contribution in [1.29, 1.82) is 0 Å². The van der Waals surface area contributed by atoms with Gasteiger partial charge in [-0.1, -0.05) is 30.3 Å². The highest BCUT2D eigenvalue weighted by Gasteiger charge is 2.16. The minimum Gasteiger partial charge on any atom is -0.370 e. The van der Waals surface area contributed by atoms with Gasteiger partial charge in [-0.15, -0.1) is 0 Å². The Balaban J connectivity index is 2.04. The molecule has 1 aromatic rings. The highest BCUT2D eigenvalue weighted by atomic mass is 16.5. The van der Waals surface area contributed by atoms with E-state index >= 15 is 0 Å². The van der Waals surface area contributed by atoms with E-state index in [9.17, 15) is 0 Å². The molecular formula is C12H15NO. The second kappa shape index (κ2) is 4.38. The lowest BCUT2D eigenvalue weighted by Gasteiger charge is -2.21. The van der Waals surface area contributed by atoms with E-state index in [0.717, 1.165) is 25.3 Å². The summed E-state index contributed by atoms with van der Waals surface area (Å²) >= 11 is 0. The number of aliphatic imine (C=N–C) groups is 1. The van der Waals surface area contributed by atoms with Crippen LogP contribution in [0.15, 0.2) is 35.3 Å². The molecule has 14 heavy (non-hydrogen) atoms. The van der Waals surface area contributed by atoms with Gasteiger partial charge in [0.2, 0.25) is 0 Å². The van der Waals surface area contributed by atoms with Gasteiger partial charge < -0.3 is 4.74 Å². The van der Waals surface area contributed by atoms with Gasteiger partial charge in [-0.25, -0.2) is 0 Å². The molecule has 2 nitrogen and oxygen atoms in total. The zero-order chi connectivity index (χ0) is 9.80. The normalized spacial score (nSPS) is 21.8. The summed E-state index contributed by atoms with van der Waals surface area (Å²) in [5, 5.41) is 0. The highest BCUT2D eigenvalue weighted by Crippen LogP contribution is 2.10. The van der Waals surface area contributed by atoms with Crippen LogP contribution in [-0.4, -0.2) is 25.0 Å². The zero-order valence-electron chi connectivity index (χ0n) is 8.44. The molecule has 0 saturated heterocycles.